The Balaban J connectivity index is 0. The SMILES string of the molecule is C.C.C.CC(C)COC(=O)Cl.CNc1ccc(Oc2ccnc(C(=O)O)c2)cc1[N+](=O)[O-].CNc1ccc(Oc2ccnc(NC(=O)OC(C)(C)C)c2)cc1[N+](=O)[O-]. The molecule has 0 spiro atoms. The number of halogens is 1. The van der Waals surface area contributed by atoms with Crippen LogP contribution in [0.15, 0.2) is 73.1 Å². The molecule has 0 saturated heterocycles. The Bertz CT molecular complexity index is 1970. The Morgan fingerprint density at radius 2 is 1.22 bits per heavy atom. The van der Waals surface area contributed by atoms with Crippen molar-refractivity contribution in [3.8, 4) is 23.0 Å². The van der Waals surface area contributed by atoms with Gasteiger partial charge in [-0.1, -0.05) is 36.1 Å². The van der Waals surface area contributed by atoms with E-state index in [4.69, 9.17) is 30.9 Å². The summed E-state index contributed by atoms with van der Waals surface area (Å²) in [6.07, 6.45) is 2.09. The van der Waals surface area contributed by atoms with Crippen LogP contribution in [0, 0.1) is 26.1 Å². The van der Waals surface area contributed by atoms with E-state index in [0.717, 1.165) is 0 Å². The minimum absolute atomic E-state index is 0. The van der Waals surface area contributed by atoms with E-state index in [9.17, 15) is 34.6 Å². The van der Waals surface area contributed by atoms with Crippen LogP contribution in [0.2, 0.25) is 0 Å². The number of carbonyl (C=O) groups is 3. The van der Waals surface area contributed by atoms with Gasteiger partial charge < -0.3 is 34.7 Å². The molecule has 4 N–H and O–H groups in total. The molecule has 0 fully saturated rings. The average molecular weight is 834 g/mol. The van der Waals surface area contributed by atoms with E-state index in [-0.39, 0.29) is 62.4 Å². The second kappa shape index (κ2) is 25.4. The summed E-state index contributed by atoms with van der Waals surface area (Å²) in [5, 5.41) is 38.9. The van der Waals surface area contributed by atoms with Gasteiger partial charge in [0.15, 0.2) is 5.69 Å². The molecule has 0 bridgehead atoms. The summed E-state index contributed by atoms with van der Waals surface area (Å²) in [5.74, 6) is 0.507. The predicted octanol–water partition coefficient (Wildman–Crippen LogP) is 10.6. The largest absolute Gasteiger partial charge is 0.477 e. The third-order valence-electron chi connectivity index (χ3n) is 6.18. The third kappa shape index (κ3) is 19.2. The van der Waals surface area contributed by atoms with E-state index >= 15 is 0 Å². The lowest BCUT2D eigenvalue weighted by atomic mass is 10.2. The molecule has 2 aromatic carbocycles. The smallest absolute Gasteiger partial charge is 0.413 e. The summed E-state index contributed by atoms with van der Waals surface area (Å²) in [7, 11) is 3.17. The number of nitrogens with zero attached hydrogens (tertiary/aromatic N) is 4. The molecule has 1 amide bonds. The molecule has 318 valence electrons. The highest BCUT2D eigenvalue weighted by molar-refractivity contribution is 6.61. The first kappa shape index (κ1) is 53.3. The molecule has 2 aromatic heterocycles. The second-order valence-corrected chi connectivity index (χ2v) is 12.5. The molecule has 0 aliphatic carbocycles. The Kier molecular flexibility index (Phi) is 23.4. The number of amides is 1. The molecule has 0 radical (unpaired) electrons. The van der Waals surface area contributed by atoms with Crippen molar-refractivity contribution in [2.45, 2.75) is 62.5 Å². The molecule has 0 unspecified atom stereocenters. The number of carbonyl (C=O) groups excluding carboxylic acids is 2. The van der Waals surface area contributed by atoms with Crippen LogP contribution in [0.5, 0.6) is 23.0 Å². The molecular formula is C38H52ClN7O12. The molecule has 58 heavy (non-hydrogen) atoms. The number of rotatable bonds is 12. The number of ether oxygens (including phenoxy) is 4. The van der Waals surface area contributed by atoms with E-state index in [1.807, 2.05) is 13.8 Å². The number of hydrogen-bond acceptors (Lipinski definition) is 15. The molecule has 0 aliphatic rings. The molecule has 4 aromatic rings. The standard InChI is InChI=1S/C17H20N4O5.C13H11N3O5.C5H9ClO2.3CH4/c1-17(2,3)26-16(22)20-15-10-12(7-8-19-15)25-11-5-6-13(18-4)14(9-11)21(23)24;1-14-10-3-2-8(7-12(10)16(19)20)21-9-4-5-15-11(6-9)13(17)18;1-4(2)3-8-5(6)7;;;/h5-10,18H,1-4H3,(H,19,20,22);2-7,14H,1H3,(H,17,18);4H,3H2,1-2H3;3*1H4. The van der Waals surface area contributed by atoms with Gasteiger partial charge in [0.1, 0.15) is 45.8 Å². The van der Waals surface area contributed by atoms with Gasteiger partial charge in [-0.25, -0.2) is 24.4 Å². The van der Waals surface area contributed by atoms with Gasteiger partial charge in [0.25, 0.3) is 11.4 Å². The fourth-order valence-electron chi connectivity index (χ4n) is 3.92. The van der Waals surface area contributed by atoms with Crippen LogP contribution in [-0.4, -0.2) is 68.7 Å². The first-order valence-corrected chi connectivity index (χ1v) is 16.4. The fraction of sp³-hybridized carbons (Fsp3) is 0.342. The van der Waals surface area contributed by atoms with Crippen LogP contribution in [0.3, 0.4) is 0 Å². The van der Waals surface area contributed by atoms with E-state index in [0.29, 0.717) is 29.6 Å². The molecule has 2 heterocycles. The number of benzene rings is 2. The van der Waals surface area contributed by atoms with E-state index in [1.165, 1.54) is 48.8 Å². The zero-order chi connectivity index (χ0) is 41.3. The van der Waals surface area contributed by atoms with Gasteiger partial charge in [-0.2, -0.15) is 0 Å². The van der Waals surface area contributed by atoms with Gasteiger partial charge in [-0.05, 0) is 63.1 Å². The Labute approximate surface area is 342 Å². The highest BCUT2D eigenvalue weighted by atomic mass is 35.5. The monoisotopic (exact) mass is 833 g/mol. The highest BCUT2D eigenvalue weighted by Crippen LogP contribution is 2.33. The molecule has 0 atom stereocenters. The normalized spacial score (nSPS) is 9.74. The van der Waals surface area contributed by atoms with Crippen molar-refractivity contribution >= 4 is 57.7 Å². The highest BCUT2D eigenvalue weighted by Gasteiger charge is 2.18. The lowest BCUT2D eigenvalue weighted by Crippen LogP contribution is -2.27. The maximum Gasteiger partial charge on any atom is 0.413 e. The summed E-state index contributed by atoms with van der Waals surface area (Å²) in [6, 6.07) is 14.5. The lowest BCUT2D eigenvalue weighted by molar-refractivity contribution is -0.384. The number of nitrogens with one attached hydrogen (secondary N) is 3. The van der Waals surface area contributed by atoms with Gasteiger partial charge >= 0.3 is 17.5 Å². The number of aromatic carboxylic acids is 1. The summed E-state index contributed by atoms with van der Waals surface area (Å²) in [5.41, 5.74) is -1.04. The van der Waals surface area contributed by atoms with E-state index in [2.05, 4.69) is 30.7 Å². The van der Waals surface area contributed by atoms with Crippen molar-refractivity contribution in [1.82, 2.24) is 9.97 Å². The Hall–Kier alpha value is -6.76. The molecule has 4 rings (SSSR count). The summed E-state index contributed by atoms with van der Waals surface area (Å²) >= 11 is 4.86. The van der Waals surface area contributed by atoms with Gasteiger partial charge in [-0.3, -0.25) is 25.5 Å². The average Bonchev–Trinajstić information content (AvgIpc) is 3.10. The number of nitro benzene ring substituents is 2. The number of anilines is 3. The summed E-state index contributed by atoms with van der Waals surface area (Å²) in [4.78, 5) is 61.2. The number of aromatic nitrogens is 2. The topological polar surface area (TPSA) is 257 Å². The first-order chi connectivity index (χ1) is 25.8. The number of hydrogen-bond donors (Lipinski definition) is 4. The maximum atomic E-state index is 11.8. The van der Waals surface area contributed by atoms with Crippen molar-refractivity contribution in [2.24, 2.45) is 5.92 Å². The lowest BCUT2D eigenvalue weighted by Gasteiger charge is -2.19. The van der Waals surface area contributed by atoms with Crippen LogP contribution in [0.1, 0.15) is 67.4 Å². The zero-order valence-corrected chi connectivity index (χ0v) is 31.6. The first-order valence-electron chi connectivity index (χ1n) is 16.1. The minimum Gasteiger partial charge on any atom is -0.477 e. The van der Waals surface area contributed by atoms with E-state index in [1.54, 1.807) is 59.1 Å². The molecule has 19 nitrogen and oxygen atoms in total. The molecular weight excluding hydrogens is 782 g/mol. The summed E-state index contributed by atoms with van der Waals surface area (Å²) in [6.45, 7) is 9.55. The van der Waals surface area contributed by atoms with Crippen LogP contribution in [0.4, 0.5) is 38.2 Å². The van der Waals surface area contributed by atoms with Crippen molar-refractivity contribution in [3.63, 3.8) is 0 Å². The van der Waals surface area contributed by atoms with E-state index < -0.39 is 32.9 Å². The molecule has 0 saturated carbocycles. The van der Waals surface area contributed by atoms with Crippen molar-refractivity contribution in [1.29, 1.82) is 0 Å². The predicted molar refractivity (Wildman–Crippen MR) is 223 cm³/mol. The quantitative estimate of drug-likeness (QED) is 0.0587. The van der Waals surface area contributed by atoms with Gasteiger partial charge in [0, 0.05) is 50.2 Å². The molecule has 20 heteroatoms. The van der Waals surface area contributed by atoms with Crippen molar-refractivity contribution in [3.05, 3.63) is 99.0 Å². The van der Waals surface area contributed by atoms with Gasteiger partial charge in [0.05, 0.1) is 28.6 Å². The third-order valence-corrected chi connectivity index (χ3v) is 6.29. The van der Waals surface area contributed by atoms with Crippen LogP contribution < -0.4 is 25.4 Å². The number of carboxylic acids is 1. The Morgan fingerprint density at radius 3 is 1.60 bits per heavy atom. The summed E-state index contributed by atoms with van der Waals surface area (Å²) < 4.78 is 20.6. The van der Waals surface area contributed by atoms with Gasteiger partial charge in [0.2, 0.25) is 0 Å². The van der Waals surface area contributed by atoms with Crippen LogP contribution in [-0.2, 0) is 9.47 Å². The maximum absolute atomic E-state index is 11.8. The number of nitro groups is 2. The fourth-order valence-corrected chi connectivity index (χ4v) is 3.98. The minimum atomic E-state index is -1.18. The Morgan fingerprint density at radius 1 is 0.776 bits per heavy atom. The molecule has 0 aliphatic heterocycles. The number of pyridine rings is 2. The van der Waals surface area contributed by atoms with Crippen LogP contribution in [0.25, 0.3) is 0 Å². The van der Waals surface area contributed by atoms with Crippen LogP contribution >= 0.6 is 11.6 Å². The number of carboxylic acid groups (broad SMARTS) is 1. The van der Waals surface area contributed by atoms with Crippen molar-refractivity contribution in [2.75, 3.05) is 36.7 Å². The zero-order valence-electron chi connectivity index (χ0n) is 30.8. The second-order valence-electron chi connectivity index (χ2n) is 12.2. The van der Waals surface area contributed by atoms with Crippen molar-refractivity contribution < 1.29 is 48.3 Å². The van der Waals surface area contributed by atoms with Gasteiger partial charge in [-0.15, -0.1) is 0 Å².